The zero-order valence-electron chi connectivity index (χ0n) is 29.3. The Morgan fingerprint density at radius 1 is 1.02 bits per heavy atom. The van der Waals surface area contributed by atoms with Gasteiger partial charge in [-0.25, -0.2) is 33.5 Å². The van der Waals surface area contributed by atoms with Gasteiger partial charge in [0, 0.05) is 30.7 Å². The Morgan fingerprint density at radius 2 is 1.67 bits per heavy atom. The molecule has 5 rings (SSSR count). The summed E-state index contributed by atoms with van der Waals surface area (Å²) < 4.78 is 22.5. The molecule has 1 fully saturated rings. The molecule has 1 saturated heterocycles. The predicted molar refractivity (Wildman–Crippen MR) is 183 cm³/mol. The fraction of sp³-hybridized carbons (Fsp3) is 0.472. The van der Waals surface area contributed by atoms with Crippen LogP contribution in [-0.4, -0.2) is 66.3 Å². The Morgan fingerprint density at radius 3 is 2.25 bits per heavy atom. The molecule has 1 aliphatic rings. The number of nitriles is 1. The van der Waals surface area contributed by atoms with Crippen LogP contribution in [0.1, 0.15) is 96.7 Å². The number of carbonyl (C=O) groups is 1. The monoisotopic (exact) mass is 654 g/mol. The lowest BCUT2D eigenvalue weighted by atomic mass is 10.0. The van der Waals surface area contributed by atoms with E-state index in [1.807, 2.05) is 74.1 Å². The van der Waals surface area contributed by atoms with E-state index in [4.69, 9.17) is 9.72 Å². The number of aryl methyl sites for hydroxylation is 1. The van der Waals surface area contributed by atoms with Crippen LogP contribution in [0.2, 0.25) is 0 Å². The first-order valence-corrected chi connectivity index (χ1v) is 16.3. The van der Waals surface area contributed by atoms with Crippen molar-refractivity contribution in [2.75, 3.05) is 18.0 Å². The number of hydrogen-bond acceptors (Lipinski definition) is 9. The van der Waals surface area contributed by atoms with Crippen LogP contribution in [0.25, 0.3) is 28.0 Å². The highest BCUT2D eigenvalue weighted by atomic mass is 19.1. The maximum atomic E-state index is 15.4. The fourth-order valence-corrected chi connectivity index (χ4v) is 6.14. The van der Waals surface area contributed by atoms with Gasteiger partial charge in [-0.1, -0.05) is 39.3 Å². The third kappa shape index (κ3) is 6.46. The molecule has 0 N–H and O–H groups in total. The van der Waals surface area contributed by atoms with Crippen LogP contribution in [0.15, 0.2) is 35.4 Å². The van der Waals surface area contributed by atoms with E-state index in [9.17, 15) is 14.9 Å². The van der Waals surface area contributed by atoms with Gasteiger partial charge < -0.3 is 14.5 Å². The number of rotatable bonds is 5. The molecule has 0 bridgehead atoms. The molecule has 0 saturated carbocycles. The molecular formula is C36H43FN8O3. The summed E-state index contributed by atoms with van der Waals surface area (Å²) in [4.78, 5) is 49.8. The quantitative estimate of drug-likeness (QED) is 0.233. The second-order valence-electron chi connectivity index (χ2n) is 14.2. The average molecular weight is 655 g/mol. The van der Waals surface area contributed by atoms with E-state index in [1.54, 1.807) is 23.1 Å². The summed E-state index contributed by atoms with van der Waals surface area (Å²) >= 11 is 0. The molecule has 11 nitrogen and oxygen atoms in total. The molecule has 1 aromatic carbocycles. The van der Waals surface area contributed by atoms with Gasteiger partial charge in [0.25, 0.3) is 0 Å². The molecule has 1 amide bonds. The number of pyridine rings is 1. The summed E-state index contributed by atoms with van der Waals surface area (Å²) in [6, 6.07) is 7.89. The molecule has 0 unspecified atom stereocenters. The minimum atomic E-state index is -0.655. The highest BCUT2D eigenvalue weighted by Crippen LogP contribution is 2.36. The van der Waals surface area contributed by atoms with Gasteiger partial charge in [0.2, 0.25) is 0 Å². The zero-order valence-corrected chi connectivity index (χ0v) is 29.3. The Kier molecular flexibility index (Phi) is 9.28. The van der Waals surface area contributed by atoms with E-state index in [1.165, 1.54) is 17.0 Å². The van der Waals surface area contributed by atoms with Crippen LogP contribution in [-0.2, 0) is 4.74 Å². The van der Waals surface area contributed by atoms with Crippen molar-refractivity contribution in [3.8, 4) is 23.0 Å². The summed E-state index contributed by atoms with van der Waals surface area (Å²) in [7, 11) is 0. The van der Waals surface area contributed by atoms with Crippen molar-refractivity contribution in [2.24, 2.45) is 0 Å². The highest BCUT2D eigenvalue weighted by Gasteiger charge is 2.37. The number of aromatic nitrogens is 5. The maximum Gasteiger partial charge on any atom is 0.410 e. The first-order chi connectivity index (χ1) is 22.5. The number of hydrogen-bond donors (Lipinski definition) is 0. The second kappa shape index (κ2) is 12.9. The predicted octanol–water partition coefficient (Wildman–Crippen LogP) is 6.64. The normalized spacial score (nSPS) is 16.9. The van der Waals surface area contributed by atoms with Gasteiger partial charge in [-0.05, 0) is 71.6 Å². The first kappa shape index (κ1) is 34.4. The van der Waals surface area contributed by atoms with Gasteiger partial charge in [-0.3, -0.25) is 0 Å². The van der Waals surface area contributed by atoms with Crippen LogP contribution in [0.3, 0.4) is 0 Å². The number of carbonyl (C=O) groups excluding carboxylic acids is 1. The second-order valence-corrected chi connectivity index (χ2v) is 14.2. The zero-order chi connectivity index (χ0) is 35.2. The Balaban J connectivity index is 1.82. The number of piperazine rings is 1. The van der Waals surface area contributed by atoms with E-state index in [0.717, 1.165) is 5.56 Å². The Hall–Kier alpha value is -4.92. The van der Waals surface area contributed by atoms with E-state index in [2.05, 4.69) is 21.0 Å². The highest BCUT2D eigenvalue weighted by molar-refractivity contribution is 5.92. The van der Waals surface area contributed by atoms with Gasteiger partial charge in [0.05, 0.1) is 33.7 Å². The van der Waals surface area contributed by atoms with E-state index in [-0.39, 0.29) is 46.4 Å². The average Bonchev–Trinajstić information content (AvgIpc) is 3.01. The molecule has 1 aliphatic heterocycles. The summed E-state index contributed by atoms with van der Waals surface area (Å²) in [5, 5.41) is 10.8. The smallest absolute Gasteiger partial charge is 0.410 e. The van der Waals surface area contributed by atoms with Crippen LogP contribution in [0, 0.1) is 24.1 Å². The molecule has 3 aromatic heterocycles. The Bertz CT molecular complexity index is 1970. The van der Waals surface area contributed by atoms with Gasteiger partial charge in [-0.2, -0.15) is 10.2 Å². The number of amides is 1. The van der Waals surface area contributed by atoms with Gasteiger partial charge >= 0.3 is 11.8 Å². The number of anilines is 1. The molecule has 12 heteroatoms. The molecule has 0 aliphatic carbocycles. The largest absolute Gasteiger partial charge is 0.444 e. The van der Waals surface area contributed by atoms with E-state index in [0.29, 0.717) is 41.4 Å². The van der Waals surface area contributed by atoms with E-state index >= 15 is 4.39 Å². The minimum Gasteiger partial charge on any atom is -0.444 e. The topological polar surface area (TPSA) is 130 Å². The molecular weight excluding hydrogens is 611 g/mol. The third-order valence-electron chi connectivity index (χ3n) is 8.43. The number of benzene rings is 1. The van der Waals surface area contributed by atoms with Gasteiger partial charge in [0.15, 0.2) is 5.65 Å². The van der Waals surface area contributed by atoms with Crippen molar-refractivity contribution in [2.45, 2.75) is 98.8 Å². The Labute approximate surface area is 280 Å². The van der Waals surface area contributed by atoms with Crippen molar-refractivity contribution in [3.05, 3.63) is 69.4 Å². The van der Waals surface area contributed by atoms with Crippen LogP contribution < -0.4 is 10.6 Å². The SMILES string of the molecule is Cc1ccc(F)c(-c2nc3c(cc2C#N)c(N2C[C@@H](C)N(C(=O)OC(C)(C)C)C[C@@H]2C)nc(=O)n3-c2c(C(C)C)ncnc2C(C)C)c1. The van der Waals surface area contributed by atoms with Crippen molar-refractivity contribution in [1.82, 2.24) is 29.4 Å². The minimum absolute atomic E-state index is 0.0870. The number of halogens is 1. The van der Waals surface area contributed by atoms with Crippen molar-refractivity contribution < 1.29 is 13.9 Å². The van der Waals surface area contributed by atoms with Crippen molar-refractivity contribution in [1.29, 1.82) is 5.26 Å². The molecule has 0 radical (unpaired) electrons. The summed E-state index contributed by atoms with van der Waals surface area (Å²) in [6.07, 6.45) is 1.07. The molecule has 48 heavy (non-hydrogen) atoms. The van der Waals surface area contributed by atoms with Crippen molar-refractivity contribution in [3.63, 3.8) is 0 Å². The van der Waals surface area contributed by atoms with Crippen LogP contribution >= 0.6 is 0 Å². The van der Waals surface area contributed by atoms with Crippen LogP contribution in [0.5, 0.6) is 0 Å². The van der Waals surface area contributed by atoms with Crippen molar-refractivity contribution >= 4 is 22.9 Å². The lowest BCUT2D eigenvalue weighted by molar-refractivity contribution is 0.0130. The molecule has 2 atom stereocenters. The summed E-state index contributed by atoms with van der Waals surface area (Å²) in [6.45, 7) is 19.7. The lowest BCUT2D eigenvalue weighted by Crippen LogP contribution is -2.59. The lowest BCUT2D eigenvalue weighted by Gasteiger charge is -2.44. The van der Waals surface area contributed by atoms with Gasteiger partial charge in [-0.15, -0.1) is 0 Å². The fourth-order valence-electron chi connectivity index (χ4n) is 6.14. The number of fused-ring (bicyclic) bond motifs is 1. The first-order valence-electron chi connectivity index (χ1n) is 16.3. The van der Waals surface area contributed by atoms with E-state index < -0.39 is 23.2 Å². The maximum absolute atomic E-state index is 15.4. The number of ether oxygens (including phenoxy) is 1. The molecule has 252 valence electrons. The molecule has 0 spiro atoms. The van der Waals surface area contributed by atoms with Gasteiger partial charge in [0.1, 0.15) is 29.6 Å². The third-order valence-corrected chi connectivity index (χ3v) is 8.43. The molecule has 4 aromatic rings. The standard InChI is InChI=1S/C36H43FN8O3/c1-19(2)28-31(29(20(3)4)40-18-39-28)45-33-26(14-24(15-38)30(41-33)25-13-21(5)11-12-27(25)37)32(42-34(45)46)43-16-23(7)44(17-22(43)6)35(47)48-36(8,9)10/h11-14,18-20,22-23H,16-17H2,1-10H3/t22-,23+/m0/s1. The molecule has 4 heterocycles. The summed E-state index contributed by atoms with van der Waals surface area (Å²) in [5.41, 5.74) is 1.85. The number of nitrogens with zero attached hydrogens (tertiary/aromatic N) is 8. The van der Waals surface area contributed by atoms with Crippen LogP contribution in [0.4, 0.5) is 15.0 Å². The summed E-state index contributed by atoms with van der Waals surface area (Å²) in [5.74, 6) is -0.391.